The molecule has 2 aliphatic carbocycles. The van der Waals surface area contributed by atoms with E-state index in [0.29, 0.717) is 38.8 Å². The molecule has 328 valence electrons. The van der Waals surface area contributed by atoms with Crippen molar-refractivity contribution in [2.75, 3.05) is 19.0 Å². The third-order valence-corrected chi connectivity index (χ3v) is 16.1. The van der Waals surface area contributed by atoms with E-state index < -0.39 is 60.1 Å². The highest BCUT2D eigenvalue weighted by molar-refractivity contribution is 7.59. The fourth-order valence-corrected chi connectivity index (χ4v) is 12.5. The van der Waals surface area contributed by atoms with E-state index in [1.54, 1.807) is 25.3 Å². The maximum atomic E-state index is 14.9. The number of methoxy groups -OCH3 is 1. The summed E-state index contributed by atoms with van der Waals surface area (Å²) in [5, 5.41) is 13.3. The van der Waals surface area contributed by atoms with Gasteiger partial charge in [0.25, 0.3) is 0 Å². The molecule has 3 amide bonds. The summed E-state index contributed by atoms with van der Waals surface area (Å²) in [5.41, 5.74) is 1.73. The van der Waals surface area contributed by atoms with Gasteiger partial charge in [-0.15, -0.1) is 29.3 Å². The number of nitrogens with zero attached hydrogens (tertiary/aromatic N) is 4. The van der Waals surface area contributed by atoms with Gasteiger partial charge in [-0.1, -0.05) is 26.8 Å². The van der Waals surface area contributed by atoms with E-state index in [0.717, 1.165) is 36.5 Å². The third-order valence-electron chi connectivity index (χ3n) is 11.5. The number of rotatable bonds is 15. The second-order valence-electron chi connectivity index (χ2n) is 17.7. The number of aromatic nitrogens is 3. The van der Waals surface area contributed by atoms with E-state index in [1.807, 2.05) is 64.4 Å². The first-order valence-electron chi connectivity index (χ1n) is 20.7. The number of thiazole rings is 2. The van der Waals surface area contributed by atoms with Gasteiger partial charge >= 0.3 is 6.09 Å². The Hall–Kier alpha value is -4.57. The Bertz CT molecular complexity index is 2340. The van der Waals surface area contributed by atoms with Gasteiger partial charge in [0.15, 0.2) is 5.13 Å². The fourth-order valence-electron chi connectivity index (χ4n) is 8.20. The van der Waals surface area contributed by atoms with Gasteiger partial charge < -0.3 is 40.0 Å². The Morgan fingerprint density at radius 2 is 1.84 bits per heavy atom. The molecule has 1 saturated heterocycles. The maximum Gasteiger partial charge on any atom is 0.408 e. The number of hydrogen-bond acceptors (Lipinski definition) is 13. The molecule has 0 radical (unpaired) electrons. The summed E-state index contributed by atoms with van der Waals surface area (Å²) in [6, 6.07) is 5.23. The molecule has 2 unspecified atom stereocenters. The number of alkyl carbamates (subject to hydrolysis) is 1. The van der Waals surface area contributed by atoms with E-state index >= 15 is 0 Å². The van der Waals surface area contributed by atoms with Crippen LogP contribution in [0.25, 0.3) is 22.3 Å². The molecule has 15 nitrogen and oxygen atoms in total. The predicted molar refractivity (Wildman–Crippen MR) is 237 cm³/mol. The number of benzene rings is 1. The number of nitrogens with one attached hydrogen (secondary N) is 3. The highest BCUT2D eigenvalue weighted by Gasteiger charge is 2.66. The predicted octanol–water partition coefficient (Wildman–Crippen LogP) is 7.87. The number of amides is 3. The number of likely N-dealkylation sites (tertiary alicyclic amines) is 1. The van der Waals surface area contributed by atoms with Crippen molar-refractivity contribution in [3.05, 3.63) is 58.4 Å². The molecule has 4 N–H and O–H groups in total. The Morgan fingerprint density at radius 3 is 2.48 bits per heavy atom. The molecule has 7 rings (SSSR count). The fraction of sp³-hybridized carbons (Fsp3) is 0.535. The maximum absolute atomic E-state index is 14.9. The van der Waals surface area contributed by atoms with Crippen molar-refractivity contribution in [2.24, 2.45) is 11.3 Å². The average Bonchev–Trinajstić information content (AvgIpc) is 3.76. The van der Waals surface area contributed by atoms with Crippen molar-refractivity contribution < 1.29 is 38.1 Å². The first-order chi connectivity index (χ1) is 28.9. The summed E-state index contributed by atoms with van der Waals surface area (Å²) in [6.45, 7) is 15.2. The molecule has 1 aromatic carbocycles. The minimum Gasteiger partial charge on any atom is -0.497 e. The van der Waals surface area contributed by atoms with Crippen molar-refractivity contribution in [2.45, 2.75) is 122 Å². The number of fused-ring (bicyclic) bond motifs is 1. The number of carbonyl (C=O) groups excluding carboxylic acids is 3. The number of ether oxygens (including phenoxy) is 3. The highest BCUT2D eigenvalue weighted by atomic mass is 32.1. The number of carbonyl (C=O) groups is 3. The molecule has 0 spiro atoms. The smallest absolute Gasteiger partial charge is 0.408 e. The number of pyridine rings is 1. The lowest BCUT2D eigenvalue weighted by atomic mass is 9.85. The van der Waals surface area contributed by atoms with Gasteiger partial charge in [-0.05, 0) is 70.4 Å². The van der Waals surface area contributed by atoms with Crippen molar-refractivity contribution in [3.63, 3.8) is 0 Å². The van der Waals surface area contributed by atoms with Crippen LogP contribution in [-0.4, -0.2) is 91.9 Å². The highest BCUT2D eigenvalue weighted by Crippen LogP contribution is 2.71. The van der Waals surface area contributed by atoms with Crippen molar-refractivity contribution in [3.8, 4) is 22.9 Å². The Labute approximate surface area is 364 Å². The van der Waals surface area contributed by atoms with Crippen molar-refractivity contribution in [1.82, 2.24) is 30.5 Å². The molecule has 3 fully saturated rings. The Morgan fingerprint density at radius 1 is 1.08 bits per heavy atom. The molecular formula is C43H56N7O8PS2. The lowest BCUT2D eigenvalue weighted by Crippen LogP contribution is -2.58. The number of anilines is 1. The van der Waals surface area contributed by atoms with Gasteiger partial charge in [0.2, 0.25) is 19.2 Å². The van der Waals surface area contributed by atoms with Crippen molar-refractivity contribution >= 4 is 64.0 Å². The van der Waals surface area contributed by atoms with Crippen LogP contribution < -0.4 is 25.4 Å². The average molecular weight is 894 g/mol. The monoisotopic (exact) mass is 893 g/mol. The van der Waals surface area contributed by atoms with E-state index in [1.165, 1.54) is 27.6 Å². The zero-order valence-corrected chi connectivity index (χ0v) is 38.3. The van der Waals surface area contributed by atoms with Crippen LogP contribution in [0.3, 0.4) is 0 Å². The topological polar surface area (TPSA) is 194 Å². The summed E-state index contributed by atoms with van der Waals surface area (Å²) in [6.07, 6.45) is 3.43. The summed E-state index contributed by atoms with van der Waals surface area (Å²) < 4.78 is 32.3. The normalized spacial score (nSPS) is 23.0. The van der Waals surface area contributed by atoms with Gasteiger partial charge in [-0.25, -0.2) is 19.7 Å². The Balaban J connectivity index is 1.22. The zero-order chi connectivity index (χ0) is 43.9. The molecule has 3 aromatic heterocycles. The second-order valence-corrected chi connectivity index (χ2v) is 22.0. The van der Waals surface area contributed by atoms with Crippen LogP contribution in [0.2, 0.25) is 0 Å². The molecule has 3 aliphatic rings. The van der Waals surface area contributed by atoms with E-state index in [2.05, 4.69) is 27.5 Å². The van der Waals surface area contributed by atoms with Crippen LogP contribution in [0.15, 0.2) is 47.7 Å². The first-order valence-corrected chi connectivity index (χ1v) is 24.3. The summed E-state index contributed by atoms with van der Waals surface area (Å²) in [4.78, 5) is 70.1. The largest absolute Gasteiger partial charge is 0.497 e. The minimum absolute atomic E-state index is 0.0234. The first kappa shape index (κ1) is 44.5. The van der Waals surface area contributed by atoms with Gasteiger partial charge in [0.05, 0.1) is 31.0 Å². The third kappa shape index (κ3) is 9.74. The van der Waals surface area contributed by atoms with Crippen LogP contribution in [-0.2, 0) is 25.1 Å². The van der Waals surface area contributed by atoms with Crippen LogP contribution >= 0.6 is 30.0 Å². The lowest BCUT2D eigenvalue weighted by Gasteiger charge is -2.35. The van der Waals surface area contributed by atoms with E-state index in [4.69, 9.17) is 24.2 Å². The minimum atomic E-state index is -4.12. The summed E-state index contributed by atoms with van der Waals surface area (Å²) in [7, 11) is -2.54. The van der Waals surface area contributed by atoms with Crippen LogP contribution in [0.1, 0.15) is 83.8 Å². The molecule has 18 heteroatoms. The molecule has 61 heavy (non-hydrogen) atoms. The van der Waals surface area contributed by atoms with E-state index in [9.17, 15) is 23.8 Å². The number of hydrogen-bond donors (Lipinski definition) is 4. The zero-order valence-electron chi connectivity index (χ0n) is 35.7. The quantitative estimate of drug-likeness (QED) is 0.0668. The molecule has 6 atom stereocenters. The lowest BCUT2D eigenvalue weighted by molar-refractivity contribution is -0.142. The molecule has 0 bridgehead atoms. The number of aryl methyl sites for hydroxylation is 1. The molecule has 2 saturated carbocycles. The second kappa shape index (κ2) is 17.7. The van der Waals surface area contributed by atoms with Gasteiger partial charge in [-0.3, -0.25) is 14.2 Å². The SMILES string of the molecule is C=C[C@@H]1C[C@]1(NC(=O)[C@@H]1C[C@@H](Oc2cc(-c3csc(NC(C)C)n3)nc3cc(OC)ccc23)CN1C(=O)C(NC(=O)OC1CCCC1)C(C)(C)C)P(=O)(O)Cc1nc(C)cs1. The standard InChI is InChI=1S/C43H56N7O8PS2/c1-9-26-19-43(26,59(54,55)21-36-45-25(4)22-60-36)49-38(51)34-17-29(20-50(34)39(52)37(42(5,6)7)48-41(53)58-27-12-10-11-13-27)57-35-18-32(33-23-61-40(47-33)44-24(2)3)46-31-16-28(56-8)14-15-30(31)35/h9,14-16,18,22-24,26-27,29,34,37H,1,10-13,17,19-21H2,2-8H3,(H,44,47)(H,48,53)(H,49,51)(H,54,55)/t26-,29-,34+,37?,43+/m1/s1. The van der Waals surface area contributed by atoms with Crippen LogP contribution in [0.4, 0.5) is 9.93 Å². The van der Waals surface area contributed by atoms with Crippen LogP contribution in [0.5, 0.6) is 11.5 Å². The molecule has 4 aromatic rings. The van der Waals surface area contributed by atoms with Crippen LogP contribution in [0, 0.1) is 18.3 Å². The summed E-state index contributed by atoms with van der Waals surface area (Å²) in [5.74, 6) is -0.520. The van der Waals surface area contributed by atoms with Crippen molar-refractivity contribution in [1.29, 1.82) is 0 Å². The molecule has 1 aliphatic heterocycles. The Kier molecular flexibility index (Phi) is 12.9. The molecular weight excluding hydrogens is 838 g/mol. The van der Waals surface area contributed by atoms with E-state index in [-0.39, 0.29) is 37.7 Å². The molecule has 4 heterocycles. The summed E-state index contributed by atoms with van der Waals surface area (Å²) >= 11 is 2.75. The van der Waals surface area contributed by atoms with Gasteiger partial charge in [0.1, 0.15) is 51.8 Å². The van der Waals surface area contributed by atoms with Gasteiger partial charge in [-0.2, -0.15) is 0 Å². The van der Waals surface area contributed by atoms with Gasteiger partial charge in [0, 0.05) is 52.4 Å².